The molecule has 2 aromatic carbocycles. The molecular formula is C15H14ClN3O2. The molecule has 0 bridgehead atoms. The highest BCUT2D eigenvalue weighted by Gasteiger charge is 2.10. The summed E-state index contributed by atoms with van der Waals surface area (Å²) < 4.78 is 0. The molecule has 2 aromatic rings. The summed E-state index contributed by atoms with van der Waals surface area (Å²) in [6, 6.07) is 11.8. The number of rotatable bonds is 3. The molecule has 2 rings (SSSR count). The van der Waals surface area contributed by atoms with Crippen LogP contribution in [0.4, 0.5) is 5.69 Å². The minimum atomic E-state index is -0.298. The molecule has 0 aromatic heterocycles. The summed E-state index contributed by atoms with van der Waals surface area (Å²) in [5.41, 5.74) is 7.81. The molecule has 108 valence electrons. The van der Waals surface area contributed by atoms with Crippen LogP contribution in [0.1, 0.15) is 21.5 Å². The summed E-state index contributed by atoms with van der Waals surface area (Å²) in [5.74, 6) is -0.350. The van der Waals surface area contributed by atoms with Crippen LogP contribution in [-0.4, -0.2) is 17.0 Å². The second-order valence-corrected chi connectivity index (χ2v) is 4.84. The standard InChI is InChI=1S/C15H14ClN3O2/c1-9-12(16)6-3-7-13(9)18-15(20)11-5-2-4-10(8-11)14(17)19-21/h2-8,21H,1H3,(H2,17,19)(H,18,20). The van der Waals surface area contributed by atoms with Crippen molar-refractivity contribution in [2.75, 3.05) is 5.32 Å². The predicted octanol–water partition coefficient (Wildman–Crippen LogP) is 3.00. The van der Waals surface area contributed by atoms with Crippen molar-refractivity contribution in [2.45, 2.75) is 6.92 Å². The molecule has 0 radical (unpaired) electrons. The molecule has 0 heterocycles. The number of amides is 1. The van der Waals surface area contributed by atoms with Crippen molar-refractivity contribution in [2.24, 2.45) is 10.9 Å². The molecule has 21 heavy (non-hydrogen) atoms. The van der Waals surface area contributed by atoms with Crippen molar-refractivity contribution in [3.8, 4) is 0 Å². The van der Waals surface area contributed by atoms with Gasteiger partial charge in [-0.25, -0.2) is 0 Å². The van der Waals surface area contributed by atoms with Gasteiger partial charge in [0.25, 0.3) is 5.91 Å². The minimum absolute atomic E-state index is 0.0522. The predicted molar refractivity (Wildman–Crippen MR) is 83.1 cm³/mol. The number of nitrogens with two attached hydrogens (primary N) is 1. The van der Waals surface area contributed by atoms with Crippen molar-refractivity contribution >= 4 is 29.0 Å². The highest BCUT2D eigenvalue weighted by molar-refractivity contribution is 6.31. The average Bonchev–Trinajstić information content (AvgIpc) is 2.51. The lowest BCUT2D eigenvalue weighted by molar-refractivity contribution is 0.102. The van der Waals surface area contributed by atoms with Gasteiger partial charge in [0.05, 0.1) is 0 Å². The number of halogens is 1. The van der Waals surface area contributed by atoms with Crippen LogP contribution in [0.25, 0.3) is 0 Å². The fourth-order valence-corrected chi connectivity index (χ4v) is 1.99. The van der Waals surface area contributed by atoms with Gasteiger partial charge in [0.15, 0.2) is 5.84 Å². The molecule has 0 atom stereocenters. The van der Waals surface area contributed by atoms with Gasteiger partial charge in [0.1, 0.15) is 0 Å². The van der Waals surface area contributed by atoms with E-state index >= 15 is 0 Å². The normalized spacial score (nSPS) is 11.2. The number of carbonyl (C=O) groups excluding carboxylic acids is 1. The van der Waals surface area contributed by atoms with E-state index in [1.165, 1.54) is 0 Å². The molecule has 0 aliphatic carbocycles. The van der Waals surface area contributed by atoms with E-state index in [1.54, 1.807) is 42.5 Å². The second kappa shape index (κ2) is 6.28. The lowest BCUT2D eigenvalue weighted by atomic mass is 10.1. The average molecular weight is 304 g/mol. The zero-order valence-corrected chi connectivity index (χ0v) is 12.1. The van der Waals surface area contributed by atoms with Gasteiger partial charge >= 0.3 is 0 Å². The molecule has 0 saturated heterocycles. The monoisotopic (exact) mass is 303 g/mol. The van der Waals surface area contributed by atoms with Gasteiger partial charge in [-0.15, -0.1) is 0 Å². The number of benzene rings is 2. The third kappa shape index (κ3) is 3.32. The summed E-state index contributed by atoms with van der Waals surface area (Å²) >= 11 is 6.02. The topological polar surface area (TPSA) is 87.7 Å². The summed E-state index contributed by atoms with van der Waals surface area (Å²) in [7, 11) is 0. The highest BCUT2D eigenvalue weighted by Crippen LogP contribution is 2.23. The van der Waals surface area contributed by atoms with Crippen LogP contribution in [0.5, 0.6) is 0 Å². The maximum absolute atomic E-state index is 12.2. The Bertz CT molecular complexity index is 714. The Hall–Kier alpha value is -2.53. The third-order valence-electron chi connectivity index (χ3n) is 3.04. The van der Waals surface area contributed by atoms with Crippen molar-refractivity contribution in [1.82, 2.24) is 0 Å². The fraction of sp³-hybridized carbons (Fsp3) is 0.0667. The van der Waals surface area contributed by atoms with Crippen molar-refractivity contribution < 1.29 is 10.0 Å². The Balaban J connectivity index is 2.27. The van der Waals surface area contributed by atoms with Crippen LogP contribution in [0.2, 0.25) is 5.02 Å². The van der Waals surface area contributed by atoms with E-state index in [4.69, 9.17) is 22.5 Å². The number of oxime groups is 1. The second-order valence-electron chi connectivity index (χ2n) is 4.43. The van der Waals surface area contributed by atoms with E-state index in [0.717, 1.165) is 5.56 Å². The molecule has 4 N–H and O–H groups in total. The first-order valence-electron chi connectivity index (χ1n) is 6.17. The number of hydrogen-bond donors (Lipinski definition) is 3. The molecular weight excluding hydrogens is 290 g/mol. The first kappa shape index (κ1) is 14.9. The number of nitrogens with one attached hydrogen (secondary N) is 1. The van der Waals surface area contributed by atoms with Gasteiger partial charge in [0.2, 0.25) is 0 Å². The largest absolute Gasteiger partial charge is 0.409 e. The molecule has 0 fully saturated rings. The summed E-state index contributed by atoms with van der Waals surface area (Å²) in [6.45, 7) is 1.82. The first-order chi connectivity index (χ1) is 10.0. The van der Waals surface area contributed by atoms with E-state index in [1.807, 2.05) is 6.92 Å². The van der Waals surface area contributed by atoms with E-state index in [9.17, 15) is 4.79 Å². The van der Waals surface area contributed by atoms with Crippen LogP contribution >= 0.6 is 11.6 Å². The Labute approximate surface area is 127 Å². The zero-order valence-electron chi connectivity index (χ0n) is 11.3. The van der Waals surface area contributed by atoms with Gasteiger partial charge < -0.3 is 16.3 Å². The molecule has 0 aliphatic rings. The lowest BCUT2D eigenvalue weighted by Crippen LogP contribution is -2.16. The van der Waals surface area contributed by atoms with Crippen LogP contribution in [-0.2, 0) is 0 Å². The Morgan fingerprint density at radius 1 is 1.24 bits per heavy atom. The van der Waals surface area contributed by atoms with Crippen LogP contribution < -0.4 is 11.1 Å². The Kier molecular flexibility index (Phi) is 4.45. The van der Waals surface area contributed by atoms with Gasteiger partial charge in [-0.1, -0.05) is 35.0 Å². The lowest BCUT2D eigenvalue weighted by Gasteiger charge is -2.10. The third-order valence-corrected chi connectivity index (χ3v) is 3.45. The molecule has 0 aliphatic heterocycles. The molecule has 5 nitrogen and oxygen atoms in total. The summed E-state index contributed by atoms with van der Waals surface area (Å²) in [4.78, 5) is 12.2. The van der Waals surface area contributed by atoms with Gasteiger partial charge in [-0.2, -0.15) is 0 Å². The summed E-state index contributed by atoms with van der Waals surface area (Å²) in [6.07, 6.45) is 0. The quantitative estimate of drug-likeness (QED) is 0.352. The summed E-state index contributed by atoms with van der Waals surface area (Å²) in [5, 5.41) is 14.9. The van der Waals surface area contributed by atoms with Crippen LogP contribution in [0.15, 0.2) is 47.6 Å². The smallest absolute Gasteiger partial charge is 0.255 e. The number of anilines is 1. The van der Waals surface area contributed by atoms with E-state index in [2.05, 4.69) is 10.5 Å². The highest BCUT2D eigenvalue weighted by atomic mass is 35.5. The molecule has 0 unspecified atom stereocenters. The SMILES string of the molecule is Cc1c(Cl)cccc1NC(=O)c1cccc(/C(N)=N/O)c1. The number of amidine groups is 1. The molecule has 0 spiro atoms. The zero-order chi connectivity index (χ0) is 15.4. The number of nitrogens with zero attached hydrogens (tertiary/aromatic N) is 1. The van der Waals surface area contributed by atoms with Crippen molar-refractivity contribution in [1.29, 1.82) is 0 Å². The van der Waals surface area contributed by atoms with Gasteiger partial charge in [0, 0.05) is 21.8 Å². The van der Waals surface area contributed by atoms with E-state index in [-0.39, 0.29) is 11.7 Å². The van der Waals surface area contributed by atoms with Crippen molar-refractivity contribution in [3.63, 3.8) is 0 Å². The number of carbonyl (C=O) groups is 1. The first-order valence-corrected chi connectivity index (χ1v) is 6.55. The fourth-order valence-electron chi connectivity index (χ4n) is 1.81. The maximum atomic E-state index is 12.2. The van der Waals surface area contributed by atoms with Crippen molar-refractivity contribution in [3.05, 3.63) is 64.2 Å². The van der Waals surface area contributed by atoms with Crippen LogP contribution in [0, 0.1) is 6.92 Å². The minimum Gasteiger partial charge on any atom is -0.409 e. The van der Waals surface area contributed by atoms with E-state index in [0.29, 0.717) is 21.8 Å². The Morgan fingerprint density at radius 3 is 2.62 bits per heavy atom. The number of hydrogen-bond acceptors (Lipinski definition) is 3. The van der Waals surface area contributed by atoms with Crippen LogP contribution in [0.3, 0.4) is 0 Å². The van der Waals surface area contributed by atoms with Gasteiger partial charge in [-0.05, 0) is 36.8 Å². The molecule has 6 heteroatoms. The molecule has 0 saturated carbocycles. The van der Waals surface area contributed by atoms with E-state index < -0.39 is 0 Å². The maximum Gasteiger partial charge on any atom is 0.255 e. The van der Waals surface area contributed by atoms with Gasteiger partial charge in [-0.3, -0.25) is 4.79 Å². The molecule has 1 amide bonds. The Morgan fingerprint density at radius 2 is 1.90 bits per heavy atom.